The van der Waals surface area contributed by atoms with Gasteiger partial charge in [0.1, 0.15) is 6.04 Å². The van der Waals surface area contributed by atoms with Crippen molar-refractivity contribution in [2.45, 2.75) is 45.1 Å². The molecule has 0 amide bonds. The van der Waals surface area contributed by atoms with Crippen LogP contribution >= 0.6 is 11.6 Å². The summed E-state index contributed by atoms with van der Waals surface area (Å²) in [5.41, 5.74) is 4.75. The molecule has 0 aromatic rings. The Morgan fingerprint density at radius 1 is 1.41 bits per heavy atom. The summed E-state index contributed by atoms with van der Waals surface area (Å²) >= 11 is 4.72. The van der Waals surface area contributed by atoms with Gasteiger partial charge in [0.25, 0.3) is 0 Å². The molecule has 1 atom stereocenters. The van der Waals surface area contributed by atoms with Gasteiger partial charge in [-0.2, -0.15) is 0 Å². The van der Waals surface area contributed by atoms with Crippen LogP contribution in [0.4, 0.5) is 4.79 Å². The molecule has 1 aliphatic carbocycles. The number of carboxylic acid groups (broad SMARTS) is 1. The molecule has 0 aromatic carbocycles. The van der Waals surface area contributed by atoms with Crippen LogP contribution in [0.3, 0.4) is 0 Å². The molecule has 0 spiro atoms. The fourth-order valence-electron chi connectivity index (χ4n) is 1.81. The summed E-state index contributed by atoms with van der Waals surface area (Å²) in [6.07, 6.45) is 5.51. The van der Waals surface area contributed by atoms with Crippen LogP contribution < -0.4 is 5.73 Å². The first-order chi connectivity index (χ1) is 7.99. The molecule has 100 valence electrons. The Kier molecular flexibility index (Phi) is 8.80. The van der Waals surface area contributed by atoms with E-state index in [0.29, 0.717) is 6.61 Å². The first-order valence-corrected chi connectivity index (χ1v) is 6.17. The zero-order valence-corrected chi connectivity index (χ0v) is 10.8. The second-order valence-electron chi connectivity index (χ2n) is 3.93. The van der Waals surface area contributed by atoms with Crippen molar-refractivity contribution in [3.05, 3.63) is 0 Å². The number of aliphatic carboxylic acids is 1. The number of carbonyl (C=O) groups is 2. The van der Waals surface area contributed by atoms with Gasteiger partial charge >= 0.3 is 11.4 Å². The van der Waals surface area contributed by atoms with Crippen molar-refractivity contribution >= 4 is 23.0 Å². The van der Waals surface area contributed by atoms with E-state index in [4.69, 9.17) is 22.4 Å². The van der Waals surface area contributed by atoms with Gasteiger partial charge in [0.2, 0.25) is 0 Å². The summed E-state index contributed by atoms with van der Waals surface area (Å²) in [7, 11) is 0. The lowest BCUT2D eigenvalue weighted by molar-refractivity contribution is -0.140. The summed E-state index contributed by atoms with van der Waals surface area (Å²) < 4.78 is 4.17. The lowest BCUT2D eigenvalue weighted by atomic mass is 9.84. The maximum atomic E-state index is 10.5. The zero-order chi connectivity index (χ0) is 13.3. The number of ether oxygens (including phenoxy) is 1. The third-order valence-corrected chi connectivity index (χ3v) is 2.81. The van der Waals surface area contributed by atoms with Crippen LogP contribution in [0.15, 0.2) is 0 Å². The standard InChI is InChI=1S/C8H15NO2.C3H5ClO2/c9-7(8(10)11)6-4-2-1-3-5-6;1-2-6-3(4)5/h6-7H,1-5,9H2,(H,10,11);2H2,1H3. The zero-order valence-electron chi connectivity index (χ0n) is 10.0. The third kappa shape index (κ3) is 7.99. The average Bonchev–Trinajstić information content (AvgIpc) is 2.29. The van der Waals surface area contributed by atoms with Crippen LogP contribution in [0.25, 0.3) is 0 Å². The van der Waals surface area contributed by atoms with E-state index in [1.165, 1.54) is 6.42 Å². The minimum atomic E-state index is -0.850. The quantitative estimate of drug-likeness (QED) is 0.765. The highest BCUT2D eigenvalue weighted by Gasteiger charge is 2.25. The number of hydrogen-bond acceptors (Lipinski definition) is 4. The molecule has 1 fully saturated rings. The van der Waals surface area contributed by atoms with Crippen LogP contribution in [0, 0.1) is 5.92 Å². The van der Waals surface area contributed by atoms with Crippen molar-refractivity contribution < 1.29 is 19.4 Å². The molecule has 0 heterocycles. The van der Waals surface area contributed by atoms with E-state index in [0.717, 1.165) is 25.7 Å². The van der Waals surface area contributed by atoms with Crippen molar-refractivity contribution in [3.63, 3.8) is 0 Å². The number of carbonyl (C=O) groups excluding carboxylic acids is 1. The molecule has 17 heavy (non-hydrogen) atoms. The Hall–Kier alpha value is -0.810. The molecule has 0 aliphatic heterocycles. The SMILES string of the molecule is CCOC(=O)Cl.NC(C(=O)O)C1CCCCC1. The normalized spacial score (nSPS) is 17.6. The van der Waals surface area contributed by atoms with Gasteiger partial charge < -0.3 is 15.6 Å². The molecule has 6 heteroatoms. The second-order valence-corrected chi connectivity index (χ2v) is 4.24. The van der Waals surface area contributed by atoms with Crippen LogP contribution in [0.5, 0.6) is 0 Å². The van der Waals surface area contributed by atoms with Crippen LogP contribution in [-0.2, 0) is 9.53 Å². The minimum absolute atomic E-state index is 0.223. The van der Waals surface area contributed by atoms with Gasteiger partial charge in [0.15, 0.2) is 0 Å². The molecule has 0 bridgehead atoms. The Balaban J connectivity index is 0.000000366. The highest BCUT2D eigenvalue weighted by molar-refractivity contribution is 6.61. The van der Waals surface area contributed by atoms with Gasteiger partial charge in [-0.05, 0) is 25.7 Å². The van der Waals surface area contributed by atoms with Gasteiger partial charge in [-0.15, -0.1) is 0 Å². The van der Waals surface area contributed by atoms with E-state index in [2.05, 4.69) is 4.74 Å². The topological polar surface area (TPSA) is 89.6 Å². The molecule has 0 radical (unpaired) electrons. The number of hydrogen-bond donors (Lipinski definition) is 2. The molecule has 3 N–H and O–H groups in total. The Labute approximate surface area is 106 Å². The van der Waals surface area contributed by atoms with Crippen molar-refractivity contribution in [2.75, 3.05) is 6.61 Å². The first kappa shape index (κ1) is 16.2. The number of halogens is 1. The molecule has 0 saturated heterocycles. The van der Waals surface area contributed by atoms with E-state index in [9.17, 15) is 9.59 Å². The van der Waals surface area contributed by atoms with E-state index in [1.54, 1.807) is 6.92 Å². The predicted octanol–water partition coefficient (Wildman–Crippen LogP) is 2.36. The Morgan fingerprint density at radius 2 is 1.94 bits per heavy atom. The maximum absolute atomic E-state index is 10.5. The predicted molar refractivity (Wildman–Crippen MR) is 65.1 cm³/mol. The van der Waals surface area contributed by atoms with Gasteiger partial charge in [-0.1, -0.05) is 19.3 Å². The molecular weight excluding hydrogens is 246 g/mol. The summed E-state index contributed by atoms with van der Waals surface area (Å²) in [5.74, 6) is -0.627. The molecule has 1 aliphatic rings. The highest BCUT2D eigenvalue weighted by atomic mass is 35.5. The monoisotopic (exact) mass is 265 g/mol. The molecule has 1 unspecified atom stereocenters. The smallest absolute Gasteiger partial charge is 0.403 e. The fourth-order valence-corrected chi connectivity index (χ4v) is 1.92. The van der Waals surface area contributed by atoms with Crippen molar-refractivity contribution in [1.82, 2.24) is 0 Å². The number of rotatable bonds is 3. The Bertz CT molecular complexity index is 242. The van der Waals surface area contributed by atoms with Crippen LogP contribution in [0.2, 0.25) is 0 Å². The second kappa shape index (κ2) is 9.24. The van der Waals surface area contributed by atoms with Crippen molar-refractivity contribution in [1.29, 1.82) is 0 Å². The molecule has 0 aromatic heterocycles. The largest absolute Gasteiger partial charge is 0.480 e. The summed E-state index contributed by atoms with van der Waals surface area (Å²) in [5, 5.41) is 8.61. The average molecular weight is 266 g/mol. The highest BCUT2D eigenvalue weighted by Crippen LogP contribution is 2.25. The van der Waals surface area contributed by atoms with Crippen molar-refractivity contribution in [2.24, 2.45) is 11.7 Å². The van der Waals surface area contributed by atoms with Crippen molar-refractivity contribution in [3.8, 4) is 0 Å². The van der Waals surface area contributed by atoms with Gasteiger partial charge in [0.05, 0.1) is 6.61 Å². The van der Waals surface area contributed by atoms with E-state index in [1.807, 2.05) is 0 Å². The maximum Gasteiger partial charge on any atom is 0.403 e. The van der Waals surface area contributed by atoms with E-state index >= 15 is 0 Å². The van der Waals surface area contributed by atoms with E-state index in [-0.39, 0.29) is 5.92 Å². The summed E-state index contributed by atoms with van der Waals surface area (Å²) in [4.78, 5) is 20.1. The summed E-state index contributed by atoms with van der Waals surface area (Å²) in [6.45, 7) is 2.04. The lowest BCUT2D eigenvalue weighted by Crippen LogP contribution is -2.38. The first-order valence-electron chi connectivity index (χ1n) is 5.79. The fraction of sp³-hybridized carbons (Fsp3) is 0.818. The molecule has 1 saturated carbocycles. The molecule has 5 nitrogen and oxygen atoms in total. The van der Waals surface area contributed by atoms with Gasteiger partial charge in [0, 0.05) is 11.6 Å². The van der Waals surface area contributed by atoms with Crippen LogP contribution in [-0.4, -0.2) is 29.2 Å². The third-order valence-electron chi connectivity index (χ3n) is 2.70. The molecule has 1 rings (SSSR count). The number of nitrogens with two attached hydrogens (primary N) is 1. The Morgan fingerprint density at radius 3 is 2.24 bits per heavy atom. The van der Waals surface area contributed by atoms with E-state index < -0.39 is 17.4 Å². The minimum Gasteiger partial charge on any atom is -0.480 e. The summed E-state index contributed by atoms with van der Waals surface area (Å²) in [6, 6.07) is -0.629. The molecular formula is C11H20ClNO4. The lowest BCUT2D eigenvalue weighted by Gasteiger charge is -2.24. The van der Waals surface area contributed by atoms with Gasteiger partial charge in [-0.25, -0.2) is 4.79 Å². The van der Waals surface area contributed by atoms with Gasteiger partial charge in [-0.3, -0.25) is 4.79 Å². The number of carboxylic acids is 1. The van der Waals surface area contributed by atoms with Crippen LogP contribution in [0.1, 0.15) is 39.0 Å².